The number of nitrogens with two attached hydrogens (primary N) is 1. The lowest BCUT2D eigenvalue weighted by atomic mass is 10.0. The molecule has 0 atom stereocenters. The maximum absolute atomic E-state index is 12.2. The second-order valence-corrected chi connectivity index (χ2v) is 7.80. The van der Waals surface area contributed by atoms with Gasteiger partial charge in [0.1, 0.15) is 9.88 Å². The fourth-order valence-corrected chi connectivity index (χ4v) is 3.62. The molecule has 0 unspecified atom stereocenters. The van der Waals surface area contributed by atoms with Crippen LogP contribution in [0.5, 0.6) is 0 Å². The minimum Gasteiger partial charge on any atom is -0.396 e. The van der Waals surface area contributed by atoms with Crippen LogP contribution in [0.25, 0.3) is 0 Å². The monoisotopic (exact) mass is 330 g/mol. The van der Waals surface area contributed by atoms with E-state index in [1.807, 2.05) is 6.26 Å². The number of likely N-dealkylation sites (N-methyl/N-ethyl adjacent to an activating group) is 1. The Bertz CT molecular complexity index is 509. The standard InChI is InChI=1S/C14H26N4OS2/c1-14(2,18(5)6)8-16-12-10(20-7)9(15)11(21-12)13(19)17(3)4/h16H,8,15H2,1-7H3. The molecular weight excluding hydrogens is 304 g/mol. The van der Waals surface area contributed by atoms with E-state index in [1.165, 1.54) is 11.3 Å². The molecule has 1 aromatic heterocycles. The Hall–Kier alpha value is -0.920. The topological polar surface area (TPSA) is 61.6 Å². The van der Waals surface area contributed by atoms with Crippen LogP contribution in [0.1, 0.15) is 23.5 Å². The van der Waals surface area contributed by atoms with Gasteiger partial charge in [-0.3, -0.25) is 4.79 Å². The number of amides is 1. The maximum atomic E-state index is 12.2. The molecule has 5 nitrogen and oxygen atoms in total. The van der Waals surface area contributed by atoms with Crippen LogP contribution in [0.15, 0.2) is 4.90 Å². The molecule has 0 saturated heterocycles. The number of carbonyl (C=O) groups is 1. The van der Waals surface area contributed by atoms with E-state index in [9.17, 15) is 4.79 Å². The van der Waals surface area contributed by atoms with E-state index in [0.717, 1.165) is 16.4 Å². The molecule has 1 heterocycles. The Morgan fingerprint density at radius 3 is 2.33 bits per heavy atom. The van der Waals surface area contributed by atoms with E-state index in [2.05, 4.69) is 38.2 Å². The van der Waals surface area contributed by atoms with Gasteiger partial charge < -0.3 is 20.9 Å². The van der Waals surface area contributed by atoms with Crippen LogP contribution in [-0.2, 0) is 0 Å². The second-order valence-electron chi connectivity index (χ2n) is 5.97. The predicted molar refractivity (Wildman–Crippen MR) is 94.8 cm³/mol. The summed E-state index contributed by atoms with van der Waals surface area (Å²) in [4.78, 5) is 17.5. The van der Waals surface area contributed by atoms with E-state index in [0.29, 0.717) is 10.6 Å². The zero-order valence-electron chi connectivity index (χ0n) is 13.9. The lowest BCUT2D eigenvalue weighted by Crippen LogP contribution is -2.44. The number of nitrogen functional groups attached to an aromatic ring is 1. The van der Waals surface area contributed by atoms with Gasteiger partial charge in [-0.25, -0.2) is 0 Å². The first-order valence-corrected chi connectivity index (χ1v) is 8.75. The van der Waals surface area contributed by atoms with E-state index >= 15 is 0 Å². The summed E-state index contributed by atoms with van der Waals surface area (Å²) in [5.74, 6) is -0.0484. The quantitative estimate of drug-likeness (QED) is 0.785. The summed E-state index contributed by atoms with van der Waals surface area (Å²) in [5, 5.41) is 4.42. The van der Waals surface area contributed by atoms with Crippen molar-refractivity contribution < 1.29 is 4.79 Å². The van der Waals surface area contributed by atoms with Crippen molar-refractivity contribution >= 4 is 39.7 Å². The van der Waals surface area contributed by atoms with Crippen LogP contribution < -0.4 is 11.1 Å². The van der Waals surface area contributed by atoms with Gasteiger partial charge in [-0.15, -0.1) is 23.1 Å². The number of anilines is 2. The summed E-state index contributed by atoms with van der Waals surface area (Å²) in [6.45, 7) is 5.12. The van der Waals surface area contributed by atoms with E-state index < -0.39 is 0 Å². The number of hydrogen-bond donors (Lipinski definition) is 2. The Labute approximate surface area is 135 Å². The number of rotatable bonds is 6. The van der Waals surface area contributed by atoms with Crippen LogP contribution in [0, 0.1) is 0 Å². The third kappa shape index (κ3) is 4.05. The first-order valence-electron chi connectivity index (χ1n) is 6.71. The number of thiophene rings is 1. The highest BCUT2D eigenvalue weighted by atomic mass is 32.2. The van der Waals surface area contributed by atoms with Crippen molar-refractivity contribution in [3.63, 3.8) is 0 Å². The Morgan fingerprint density at radius 1 is 1.33 bits per heavy atom. The van der Waals surface area contributed by atoms with Crippen LogP contribution in [0.2, 0.25) is 0 Å². The molecule has 3 N–H and O–H groups in total. The molecule has 0 aliphatic heterocycles. The number of nitrogens with zero attached hydrogens (tertiary/aromatic N) is 2. The third-order valence-corrected chi connectivity index (χ3v) is 5.71. The number of nitrogens with one attached hydrogen (secondary N) is 1. The van der Waals surface area contributed by atoms with Gasteiger partial charge in [0.05, 0.1) is 10.6 Å². The fourth-order valence-electron chi connectivity index (χ4n) is 1.56. The average molecular weight is 331 g/mol. The molecule has 0 saturated carbocycles. The molecule has 0 aromatic carbocycles. The second kappa shape index (κ2) is 6.89. The largest absolute Gasteiger partial charge is 0.396 e. The van der Waals surface area contributed by atoms with E-state index in [4.69, 9.17) is 5.73 Å². The zero-order chi connectivity index (χ0) is 16.4. The van der Waals surface area contributed by atoms with Gasteiger partial charge in [0.15, 0.2) is 0 Å². The minimum atomic E-state index is -0.0484. The van der Waals surface area contributed by atoms with Gasteiger partial charge in [-0.1, -0.05) is 0 Å². The van der Waals surface area contributed by atoms with Crippen molar-refractivity contribution in [2.45, 2.75) is 24.3 Å². The first-order chi connectivity index (χ1) is 9.61. The Morgan fingerprint density at radius 2 is 1.90 bits per heavy atom. The van der Waals surface area contributed by atoms with Gasteiger partial charge in [-0.05, 0) is 34.2 Å². The SMILES string of the molecule is CSc1c(NCC(C)(C)N(C)C)sc(C(=O)N(C)C)c1N. The maximum Gasteiger partial charge on any atom is 0.265 e. The van der Waals surface area contributed by atoms with Crippen LogP contribution in [0.3, 0.4) is 0 Å². The summed E-state index contributed by atoms with van der Waals surface area (Å²) in [6.07, 6.45) is 1.98. The number of carbonyl (C=O) groups excluding carboxylic acids is 1. The lowest BCUT2D eigenvalue weighted by molar-refractivity contribution is 0.0833. The number of thioether (sulfide) groups is 1. The smallest absolute Gasteiger partial charge is 0.265 e. The highest BCUT2D eigenvalue weighted by Gasteiger charge is 2.24. The molecular formula is C14H26N4OS2. The van der Waals surface area contributed by atoms with Crippen molar-refractivity contribution in [3.8, 4) is 0 Å². The molecule has 0 radical (unpaired) electrons. The Balaban J connectivity index is 3.03. The summed E-state index contributed by atoms with van der Waals surface area (Å²) in [5.41, 5.74) is 6.74. The summed E-state index contributed by atoms with van der Waals surface area (Å²) in [6, 6.07) is 0. The van der Waals surface area contributed by atoms with Crippen LogP contribution in [-0.4, -0.2) is 62.2 Å². The summed E-state index contributed by atoms with van der Waals surface area (Å²) < 4.78 is 0. The van der Waals surface area contributed by atoms with E-state index in [1.54, 1.807) is 30.8 Å². The van der Waals surface area contributed by atoms with Gasteiger partial charge in [-0.2, -0.15) is 0 Å². The van der Waals surface area contributed by atoms with Gasteiger partial charge in [0, 0.05) is 26.2 Å². The number of hydrogen-bond acceptors (Lipinski definition) is 6. The molecule has 1 rings (SSSR count). The van der Waals surface area contributed by atoms with Crippen molar-refractivity contribution in [2.24, 2.45) is 0 Å². The van der Waals surface area contributed by atoms with Crippen molar-refractivity contribution in [3.05, 3.63) is 4.88 Å². The molecule has 21 heavy (non-hydrogen) atoms. The normalized spacial score (nSPS) is 11.8. The average Bonchev–Trinajstić information content (AvgIpc) is 2.71. The van der Waals surface area contributed by atoms with Crippen LogP contribution in [0.4, 0.5) is 10.7 Å². The zero-order valence-corrected chi connectivity index (χ0v) is 15.5. The first kappa shape index (κ1) is 18.1. The highest BCUT2D eigenvalue weighted by molar-refractivity contribution is 7.99. The Kier molecular flexibility index (Phi) is 5.95. The molecule has 1 amide bonds. The fraction of sp³-hybridized carbons (Fsp3) is 0.643. The van der Waals surface area contributed by atoms with Gasteiger partial charge >= 0.3 is 0 Å². The predicted octanol–water partition coefficient (Wildman–Crippen LogP) is 2.51. The molecule has 7 heteroatoms. The van der Waals surface area contributed by atoms with Crippen LogP contribution >= 0.6 is 23.1 Å². The molecule has 0 fully saturated rings. The van der Waals surface area contributed by atoms with E-state index in [-0.39, 0.29) is 11.4 Å². The molecule has 0 spiro atoms. The minimum absolute atomic E-state index is 0.0140. The third-order valence-electron chi connectivity index (χ3n) is 3.60. The van der Waals surface area contributed by atoms with Gasteiger partial charge in [0.2, 0.25) is 0 Å². The van der Waals surface area contributed by atoms with Crippen molar-refractivity contribution in [1.29, 1.82) is 0 Å². The molecule has 1 aromatic rings. The lowest BCUT2D eigenvalue weighted by Gasteiger charge is -2.32. The highest BCUT2D eigenvalue weighted by Crippen LogP contribution is 2.42. The molecule has 0 aliphatic rings. The van der Waals surface area contributed by atoms with Gasteiger partial charge in [0.25, 0.3) is 5.91 Å². The summed E-state index contributed by atoms with van der Waals surface area (Å²) >= 11 is 3.00. The molecule has 0 bridgehead atoms. The molecule has 120 valence electrons. The summed E-state index contributed by atoms with van der Waals surface area (Å²) in [7, 11) is 7.59. The van der Waals surface area contributed by atoms with Crippen molar-refractivity contribution in [1.82, 2.24) is 9.80 Å². The van der Waals surface area contributed by atoms with Crippen molar-refractivity contribution in [2.75, 3.05) is 52.0 Å². The molecule has 0 aliphatic carbocycles.